The Bertz CT molecular complexity index is 315. The van der Waals surface area contributed by atoms with Crippen molar-refractivity contribution in [1.82, 2.24) is 0 Å². The first kappa shape index (κ1) is 17.9. The van der Waals surface area contributed by atoms with Crippen molar-refractivity contribution in [2.24, 2.45) is 0 Å². The highest BCUT2D eigenvalue weighted by atomic mass is 35.5. The minimum Gasteiger partial charge on any atom is -0.0843 e. The number of benzene rings is 1. The van der Waals surface area contributed by atoms with Gasteiger partial charge in [-0.15, -0.1) is 0 Å². The second kappa shape index (κ2) is 11.0. The van der Waals surface area contributed by atoms with E-state index in [1.54, 1.807) is 6.07 Å². The third kappa shape index (κ3) is 6.19. The molecule has 1 aromatic rings. The van der Waals surface area contributed by atoms with E-state index in [0.29, 0.717) is 10.0 Å². The highest BCUT2D eigenvalue weighted by Crippen LogP contribution is 2.26. The molecule has 2 heteroatoms. The van der Waals surface area contributed by atoms with Gasteiger partial charge in [0.2, 0.25) is 0 Å². The minimum absolute atomic E-state index is 0.674. The molecule has 0 amide bonds. The van der Waals surface area contributed by atoms with Gasteiger partial charge in [-0.25, -0.2) is 0 Å². The van der Waals surface area contributed by atoms with Crippen LogP contribution in [0.15, 0.2) is 24.3 Å². The average Bonchev–Trinajstić information content (AvgIpc) is 2.33. The Balaban J connectivity index is 0. The molecule has 0 saturated carbocycles. The Morgan fingerprint density at radius 1 is 1.06 bits per heavy atom. The van der Waals surface area contributed by atoms with Crippen LogP contribution in [0, 0.1) is 0 Å². The minimum atomic E-state index is 0.674. The molecule has 0 saturated heterocycles. The van der Waals surface area contributed by atoms with E-state index in [9.17, 15) is 0 Å². The van der Waals surface area contributed by atoms with Crippen LogP contribution in [-0.4, -0.2) is 0 Å². The zero-order valence-electron chi connectivity index (χ0n) is 11.1. The van der Waals surface area contributed by atoms with Gasteiger partial charge in [0.05, 0.1) is 0 Å². The summed E-state index contributed by atoms with van der Waals surface area (Å²) in [6, 6.07) is 5.53. The summed E-state index contributed by atoms with van der Waals surface area (Å²) in [7, 11) is 0. The molecule has 1 rings (SSSR count). The Kier molecular flexibility index (Phi) is 12.4. The van der Waals surface area contributed by atoms with Gasteiger partial charge in [-0.2, -0.15) is 0 Å². The molecule has 92 valence electrons. The maximum Gasteiger partial charge on any atom is 0.0495 e. The molecule has 0 unspecified atom stereocenters. The van der Waals surface area contributed by atoms with E-state index in [2.05, 4.69) is 0 Å². The molecule has 0 bridgehead atoms. The molecule has 0 aliphatic rings. The van der Waals surface area contributed by atoms with Crippen LogP contribution in [0.1, 0.15) is 47.1 Å². The lowest BCUT2D eigenvalue weighted by Crippen LogP contribution is -1.80. The van der Waals surface area contributed by atoms with Crippen LogP contribution in [-0.2, 0) is 0 Å². The van der Waals surface area contributed by atoms with Gasteiger partial charge < -0.3 is 0 Å². The van der Waals surface area contributed by atoms with E-state index in [0.717, 1.165) is 11.1 Å². The Morgan fingerprint density at radius 2 is 1.56 bits per heavy atom. The predicted molar refractivity (Wildman–Crippen MR) is 78.5 cm³/mol. The summed E-state index contributed by atoms with van der Waals surface area (Å²) < 4.78 is 0. The maximum atomic E-state index is 5.98. The average molecular weight is 261 g/mol. The van der Waals surface area contributed by atoms with Crippen LogP contribution in [0.25, 0.3) is 5.57 Å². The molecule has 0 aliphatic carbocycles. The second-order valence-electron chi connectivity index (χ2n) is 2.60. The number of rotatable bonds is 1. The molecule has 16 heavy (non-hydrogen) atoms. The van der Waals surface area contributed by atoms with Crippen molar-refractivity contribution in [1.29, 1.82) is 0 Å². The maximum absolute atomic E-state index is 5.98. The van der Waals surface area contributed by atoms with E-state index in [1.807, 2.05) is 59.8 Å². The summed E-state index contributed by atoms with van der Waals surface area (Å²) in [5, 5.41) is 1.38. The quantitative estimate of drug-likeness (QED) is 0.543. The fourth-order valence-electron chi connectivity index (χ4n) is 0.965. The lowest BCUT2D eigenvalue weighted by atomic mass is 10.1. The van der Waals surface area contributed by atoms with Gasteiger partial charge in [0.25, 0.3) is 0 Å². The molecule has 0 aliphatic heterocycles. The first-order chi connectivity index (χ1) is 7.65. The summed E-state index contributed by atoms with van der Waals surface area (Å²) in [6.45, 7) is 12.0. The molecule has 1 aromatic carbocycles. The monoisotopic (exact) mass is 260 g/mol. The molecule has 0 atom stereocenters. The highest BCUT2D eigenvalue weighted by molar-refractivity contribution is 6.35. The van der Waals surface area contributed by atoms with E-state index in [4.69, 9.17) is 23.2 Å². The second-order valence-corrected chi connectivity index (χ2v) is 3.44. The Labute approximate surface area is 110 Å². The predicted octanol–water partition coefficient (Wildman–Crippen LogP) is 6.47. The number of hydrogen-bond donors (Lipinski definition) is 0. The van der Waals surface area contributed by atoms with Crippen LogP contribution in [0.5, 0.6) is 0 Å². The molecular weight excluding hydrogens is 239 g/mol. The van der Waals surface area contributed by atoms with Crippen LogP contribution in [0.4, 0.5) is 0 Å². The van der Waals surface area contributed by atoms with Crippen molar-refractivity contribution in [2.75, 3.05) is 0 Å². The molecular formula is C14H22Cl2. The van der Waals surface area contributed by atoms with Gasteiger partial charge in [0.1, 0.15) is 0 Å². The highest BCUT2D eigenvalue weighted by Gasteiger charge is 2.01. The summed E-state index contributed by atoms with van der Waals surface area (Å²) in [5.74, 6) is 0. The smallest absolute Gasteiger partial charge is 0.0495 e. The Hall–Kier alpha value is -0.460. The van der Waals surface area contributed by atoms with E-state index in [1.165, 1.54) is 0 Å². The number of halogens is 2. The number of allylic oxidation sites excluding steroid dienone is 2. The van der Waals surface area contributed by atoms with E-state index < -0.39 is 0 Å². The summed E-state index contributed by atoms with van der Waals surface area (Å²) >= 11 is 11.7. The van der Waals surface area contributed by atoms with Crippen molar-refractivity contribution >= 4 is 28.8 Å². The number of hydrogen-bond acceptors (Lipinski definition) is 0. The van der Waals surface area contributed by atoms with Crippen molar-refractivity contribution in [2.45, 2.75) is 41.5 Å². The molecule has 0 fully saturated rings. The molecule has 0 aromatic heterocycles. The van der Waals surface area contributed by atoms with Gasteiger partial charge in [-0.3, -0.25) is 0 Å². The van der Waals surface area contributed by atoms with Crippen molar-refractivity contribution in [3.63, 3.8) is 0 Å². The fraction of sp³-hybridized carbons (Fsp3) is 0.429. The van der Waals surface area contributed by atoms with E-state index >= 15 is 0 Å². The summed E-state index contributed by atoms with van der Waals surface area (Å²) in [4.78, 5) is 0. The fourth-order valence-corrected chi connectivity index (χ4v) is 1.52. The lowest BCUT2D eigenvalue weighted by Gasteiger charge is -2.03. The third-order valence-electron chi connectivity index (χ3n) is 1.79. The van der Waals surface area contributed by atoms with Gasteiger partial charge in [0.15, 0.2) is 0 Å². The van der Waals surface area contributed by atoms with Gasteiger partial charge in [-0.1, -0.05) is 63.0 Å². The summed E-state index contributed by atoms with van der Waals surface area (Å²) in [6.07, 6.45) is 2.02. The van der Waals surface area contributed by atoms with E-state index in [-0.39, 0.29) is 0 Å². The zero-order valence-corrected chi connectivity index (χ0v) is 12.6. The molecule has 0 spiro atoms. The molecule has 0 heterocycles. The first-order valence-corrected chi connectivity index (χ1v) is 6.49. The lowest BCUT2D eigenvalue weighted by molar-refractivity contribution is 1.50. The molecule has 0 radical (unpaired) electrons. The topological polar surface area (TPSA) is 0 Å². The van der Waals surface area contributed by atoms with Gasteiger partial charge in [-0.05, 0) is 37.1 Å². The SMILES string of the molecule is C/C=C(\C)c1ccc(Cl)cc1Cl.CC.CC. The summed E-state index contributed by atoms with van der Waals surface area (Å²) in [5.41, 5.74) is 2.21. The van der Waals surface area contributed by atoms with Gasteiger partial charge >= 0.3 is 0 Å². The third-order valence-corrected chi connectivity index (χ3v) is 2.34. The van der Waals surface area contributed by atoms with Crippen LogP contribution in [0.3, 0.4) is 0 Å². The van der Waals surface area contributed by atoms with Crippen LogP contribution < -0.4 is 0 Å². The first-order valence-electron chi connectivity index (χ1n) is 5.73. The van der Waals surface area contributed by atoms with Crippen LogP contribution in [0.2, 0.25) is 10.0 Å². The molecule has 0 N–H and O–H groups in total. The van der Waals surface area contributed by atoms with Crippen molar-refractivity contribution < 1.29 is 0 Å². The molecule has 0 nitrogen and oxygen atoms in total. The van der Waals surface area contributed by atoms with Crippen molar-refractivity contribution in [3.05, 3.63) is 39.9 Å². The standard InChI is InChI=1S/C10H10Cl2.2C2H6/c1-3-7(2)9-5-4-8(11)6-10(9)12;2*1-2/h3-6H,1-2H3;2*1-2H3/b7-3+;;. The zero-order chi connectivity index (χ0) is 13.1. The largest absolute Gasteiger partial charge is 0.0843 e. The van der Waals surface area contributed by atoms with Crippen LogP contribution >= 0.6 is 23.2 Å². The van der Waals surface area contributed by atoms with Crippen molar-refractivity contribution in [3.8, 4) is 0 Å². The van der Waals surface area contributed by atoms with Gasteiger partial charge in [0, 0.05) is 10.0 Å². The Morgan fingerprint density at radius 3 is 1.94 bits per heavy atom. The normalized spacial score (nSPS) is 9.62.